The SMILES string of the molecule is Cc1c(Cl)cccc1S(=O)(=O)N1CCOC(C(C)N)C1. The Bertz CT molecular complexity index is 589. The van der Waals surface area contributed by atoms with E-state index >= 15 is 0 Å². The van der Waals surface area contributed by atoms with Gasteiger partial charge in [0.25, 0.3) is 0 Å². The molecule has 0 amide bonds. The van der Waals surface area contributed by atoms with Gasteiger partial charge in [-0.15, -0.1) is 0 Å². The van der Waals surface area contributed by atoms with Gasteiger partial charge >= 0.3 is 0 Å². The molecule has 1 aliphatic heterocycles. The molecule has 7 heteroatoms. The van der Waals surface area contributed by atoms with Crippen LogP contribution in [0.25, 0.3) is 0 Å². The molecule has 1 heterocycles. The van der Waals surface area contributed by atoms with Gasteiger partial charge in [-0.05, 0) is 31.5 Å². The fourth-order valence-electron chi connectivity index (χ4n) is 2.19. The fraction of sp³-hybridized carbons (Fsp3) is 0.538. The van der Waals surface area contributed by atoms with Gasteiger partial charge in [0, 0.05) is 24.2 Å². The Labute approximate surface area is 124 Å². The number of nitrogens with two attached hydrogens (primary N) is 1. The van der Waals surface area contributed by atoms with E-state index < -0.39 is 10.0 Å². The van der Waals surface area contributed by atoms with E-state index in [2.05, 4.69) is 0 Å². The van der Waals surface area contributed by atoms with Crippen molar-refractivity contribution in [1.82, 2.24) is 4.31 Å². The highest BCUT2D eigenvalue weighted by molar-refractivity contribution is 7.89. The molecule has 0 spiro atoms. The molecular formula is C13H19ClN2O3S. The Balaban J connectivity index is 2.33. The molecule has 112 valence electrons. The van der Waals surface area contributed by atoms with Crippen LogP contribution < -0.4 is 5.73 Å². The molecule has 5 nitrogen and oxygen atoms in total. The van der Waals surface area contributed by atoms with Crippen LogP contribution in [0.3, 0.4) is 0 Å². The minimum atomic E-state index is -3.57. The second-order valence-corrected chi connectivity index (χ2v) is 7.31. The average molecular weight is 319 g/mol. The van der Waals surface area contributed by atoms with Gasteiger partial charge in [-0.2, -0.15) is 4.31 Å². The van der Waals surface area contributed by atoms with Crippen molar-refractivity contribution in [3.05, 3.63) is 28.8 Å². The summed E-state index contributed by atoms with van der Waals surface area (Å²) in [5, 5.41) is 0.447. The normalized spacial score (nSPS) is 22.7. The predicted octanol–water partition coefficient (Wildman–Crippen LogP) is 1.39. The van der Waals surface area contributed by atoms with Gasteiger partial charge in [-0.1, -0.05) is 17.7 Å². The molecule has 1 aromatic carbocycles. The molecule has 20 heavy (non-hydrogen) atoms. The van der Waals surface area contributed by atoms with Crippen LogP contribution in [0.4, 0.5) is 0 Å². The van der Waals surface area contributed by atoms with E-state index in [0.717, 1.165) is 0 Å². The quantitative estimate of drug-likeness (QED) is 0.914. The van der Waals surface area contributed by atoms with Gasteiger partial charge in [-0.3, -0.25) is 0 Å². The highest BCUT2D eigenvalue weighted by atomic mass is 35.5. The Hall–Kier alpha value is -0.660. The third-order valence-corrected chi connectivity index (χ3v) is 5.90. The first-order valence-electron chi connectivity index (χ1n) is 6.46. The molecule has 0 bridgehead atoms. The third kappa shape index (κ3) is 2.99. The molecule has 2 N–H and O–H groups in total. The summed E-state index contributed by atoms with van der Waals surface area (Å²) in [4.78, 5) is 0.246. The van der Waals surface area contributed by atoms with Gasteiger partial charge in [0.1, 0.15) is 0 Å². The standard InChI is InChI=1S/C13H19ClN2O3S/c1-9-11(14)4-3-5-13(9)20(17,18)16-6-7-19-12(8-16)10(2)15/h3-5,10,12H,6-8,15H2,1-2H3. The molecule has 0 aromatic heterocycles. The third-order valence-electron chi connectivity index (χ3n) is 3.48. The lowest BCUT2D eigenvalue weighted by molar-refractivity contribution is -0.0120. The number of benzene rings is 1. The van der Waals surface area contributed by atoms with Crippen LogP contribution >= 0.6 is 11.6 Å². The molecule has 2 atom stereocenters. The summed E-state index contributed by atoms with van der Waals surface area (Å²) in [5.74, 6) is 0. The molecule has 0 radical (unpaired) electrons. The van der Waals surface area contributed by atoms with Gasteiger partial charge in [0.05, 0.1) is 17.6 Å². The maximum Gasteiger partial charge on any atom is 0.243 e. The van der Waals surface area contributed by atoms with Crippen LogP contribution in [0.2, 0.25) is 5.02 Å². The Morgan fingerprint density at radius 3 is 2.85 bits per heavy atom. The summed E-state index contributed by atoms with van der Waals surface area (Å²) in [7, 11) is -3.57. The summed E-state index contributed by atoms with van der Waals surface area (Å²) in [5.41, 5.74) is 6.37. The molecule has 1 aliphatic rings. The summed E-state index contributed by atoms with van der Waals surface area (Å²) in [6.45, 7) is 4.47. The zero-order valence-corrected chi connectivity index (χ0v) is 13.1. The lowest BCUT2D eigenvalue weighted by atomic mass is 10.2. The van der Waals surface area contributed by atoms with E-state index in [4.69, 9.17) is 22.1 Å². The zero-order chi connectivity index (χ0) is 14.9. The number of ether oxygens (including phenoxy) is 1. The van der Waals surface area contributed by atoms with E-state index in [1.165, 1.54) is 4.31 Å². The van der Waals surface area contributed by atoms with Gasteiger partial charge in [-0.25, -0.2) is 8.42 Å². The molecule has 1 fully saturated rings. The van der Waals surface area contributed by atoms with Gasteiger partial charge in [0.15, 0.2) is 0 Å². The summed E-state index contributed by atoms with van der Waals surface area (Å²) in [6.07, 6.45) is -0.280. The number of halogens is 1. The molecule has 1 saturated heterocycles. The average Bonchev–Trinajstić information content (AvgIpc) is 2.41. The van der Waals surface area contributed by atoms with Crippen LogP contribution in [-0.2, 0) is 14.8 Å². The van der Waals surface area contributed by atoms with E-state index in [-0.39, 0.29) is 23.6 Å². The summed E-state index contributed by atoms with van der Waals surface area (Å²) in [6, 6.07) is 4.69. The first-order valence-corrected chi connectivity index (χ1v) is 8.28. The highest BCUT2D eigenvalue weighted by Crippen LogP contribution is 2.26. The van der Waals surface area contributed by atoms with Crippen molar-refractivity contribution in [3.8, 4) is 0 Å². The molecule has 2 rings (SSSR count). The molecule has 1 aromatic rings. The molecular weight excluding hydrogens is 300 g/mol. The van der Waals surface area contributed by atoms with Crippen molar-refractivity contribution in [2.75, 3.05) is 19.7 Å². The molecule has 2 unspecified atom stereocenters. The first-order chi connectivity index (χ1) is 9.34. The number of sulfonamides is 1. The van der Waals surface area contributed by atoms with Crippen LogP contribution in [0.5, 0.6) is 0 Å². The number of hydrogen-bond donors (Lipinski definition) is 1. The second-order valence-electron chi connectivity index (χ2n) is 4.99. The van der Waals surface area contributed by atoms with Crippen molar-refractivity contribution in [3.63, 3.8) is 0 Å². The van der Waals surface area contributed by atoms with Crippen LogP contribution in [0.15, 0.2) is 23.1 Å². The van der Waals surface area contributed by atoms with Crippen LogP contribution in [0.1, 0.15) is 12.5 Å². The van der Waals surface area contributed by atoms with E-state index in [1.807, 2.05) is 6.92 Å². The van der Waals surface area contributed by atoms with Crippen molar-refractivity contribution >= 4 is 21.6 Å². The number of morpholine rings is 1. The van der Waals surface area contributed by atoms with Crippen LogP contribution in [0, 0.1) is 6.92 Å². The second kappa shape index (κ2) is 5.99. The summed E-state index contributed by atoms with van der Waals surface area (Å²) < 4.78 is 32.3. The molecule has 0 aliphatic carbocycles. The lowest BCUT2D eigenvalue weighted by Crippen LogP contribution is -2.51. The van der Waals surface area contributed by atoms with Crippen molar-refractivity contribution in [2.45, 2.75) is 30.9 Å². The van der Waals surface area contributed by atoms with E-state index in [9.17, 15) is 8.42 Å². The largest absolute Gasteiger partial charge is 0.374 e. The maximum absolute atomic E-state index is 12.7. The van der Waals surface area contributed by atoms with Crippen molar-refractivity contribution < 1.29 is 13.2 Å². The summed E-state index contributed by atoms with van der Waals surface area (Å²) >= 11 is 6.01. The maximum atomic E-state index is 12.7. The van der Waals surface area contributed by atoms with Crippen LogP contribution in [-0.4, -0.2) is 44.6 Å². The highest BCUT2D eigenvalue weighted by Gasteiger charge is 2.33. The van der Waals surface area contributed by atoms with E-state index in [0.29, 0.717) is 23.7 Å². The zero-order valence-electron chi connectivity index (χ0n) is 11.5. The van der Waals surface area contributed by atoms with Crippen molar-refractivity contribution in [2.24, 2.45) is 5.73 Å². The Morgan fingerprint density at radius 2 is 2.20 bits per heavy atom. The predicted molar refractivity (Wildman–Crippen MR) is 78.3 cm³/mol. The number of hydrogen-bond acceptors (Lipinski definition) is 4. The fourth-order valence-corrected chi connectivity index (χ4v) is 4.11. The van der Waals surface area contributed by atoms with Gasteiger partial charge < -0.3 is 10.5 Å². The Kier molecular flexibility index (Phi) is 4.71. The monoisotopic (exact) mass is 318 g/mol. The minimum absolute atomic E-state index is 0.214. The first kappa shape index (κ1) is 15.7. The van der Waals surface area contributed by atoms with Crippen molar-refractivity contribution in [1.29, 1.82) is 0 Å². The Morgan fingerprint density at radius 1 is 1.50 bits per heavy atom. The minimum Gasteiger partial charge on any atom is -0.374 e. The molecule has 0 saturated carbocycles. The van der Waals surface area contributed by atoms with E-state index in [1.54, 1.807) is 25.1 Å². The lowest BCUT2D eigenvalue weighted by Gasteiger charge is -2.34. The topological polar surface area (TPSA) is 72.6 Å². The number of nitrogens with zero attached hydrogens (tertiary/aromatic N) is 1. The smallest absolute Gasteiger partial charge is 0.243 e. The number of rotatable bonds is 3. The van der Waals surface area contributed by atoms with Gasteiger partial charge in [0.2, 0.25) is 10.0 Å².